The van der Waals surface area contributed by atoms with Crippen molar-refractivity contribution in [1.82, 2.24) is 5.32 Å². The van der Waals surface area contributed by atoms with Crippen LogP contribution in [0.1, 0.15) is 18.9 Å². The number of aliphatic hydroxyl groups is 1. The third kappa shape index (κ3) is 5.98. The lowest BCUT2D eigenvalue weighted by Gasteiger charge is -2.16. The van der Waals surface area contributed by atoms with E-state index in [-0.39, 0.29) is 12.6 Å². The third-order valence-electron chi connectivity index (χ3n) is 2.99. The molecule has 0 radical (unpaired) electrons. The van der Waals surface area contributed by atoms with E-state index in [1.54, 1.807) is 7.11 Å². The van der Waals surface area contributed by atoms with Crippen LogP contribution in [0.2, 0.25) is 0 Å². The van der Waals surface area contributed by atoms with Crippen LogP contribution in [-0.2, 0) is 6.42 Å². The van der Waals surface area contributed by atoms with Crippen molar-refractivity contribution in [3.8, 4) is 5.75 Å². The quantitative estimate of drug-likeness (QED) is 0.763. The van der Waals surface area contributed by atoms with E-state index in [0.29, 0.717) is 0 Å². The van der Waals surface area contributed by atoms with Crippen LogP contribution in [0.4, 0.5) is 8.78 Å². The van der Waals surface area contributed by atoms with Crippen LogP contribution in [-0.4, -0.2) is 37.3 Å². The fourth-order valence-electron chi connectivity index (χ4n) is 1.69. The highest BCUT2D eigenvalue weighted by Gasteiger charge is 2.16. The molecule has 0 bridgehead atoms. The zero-order valence-corrected chi connectivity index (χ0v) is 11.3. The number of methoxy groups -OCH3 is 1. The number of hydrogen-bond donors (Lipinski definition) is 2. The predicted octanol–water partition coefficient (Wildman–Crippen LogP) is 2.23. The number of nitrogens with one attached hydrogen (secondary N) is 1. The molecule has 0 heterocycles. The lowest BCUT2D eigenvalue weighted by molar-refractivity contribution is -0.00445. The Bertz CT molecular complexity index is 357. The molecule has 0 aliphatic rings. The van der Waals surface area contributed by atoms with E-state index in [2.05, 4.69) is 5.32 Å². The summed E-state index contributed by atoms with van der Waals surface area (Å²) in [5, 5.41) is 11.9. The molecule has 1 rings (SSSR count). The van der Waals surface area contributed by atoms with Crippen molar-refractivity contribution in [2.24, 2.45) is 0 Å². The molecule has 0 aliphatic heterocycles. The van der Waals surface area contributed by atoms with Gasteiger partial charge in [-0.3, -0.25) is 0 Å². The lowest BCUT2D eigenvalue weighted by Crippen LogP contribution is -2.37. The predicted molar refractivity (Wildman–Crippen MR) is 70.8 cm³/mol. The van der Waals surface area contributed by atoms with E-state index >= 15 is 0 Å². The second-order valence-corrected chi connectivity index (χ2v) is 4.60. The fourth-order valence-corrected chi connectivity index (χ4v) is 1.69. The first-order valence-electron chi connectivity index (χ1n) is 6.35. The first kappa shape index (κ1) is 15.9. The standard InChI is InChI=1S/C14H21F2NO2/c1-10(17-9-13(18)14(15)16)3-4-11-5-7-12(19-2)8-6-11/h5-8,10,13-14,17-18H,3-4,9H2,1-2H3. The number of hydrogen-bond acceptors (Lipinski definition) is 3. The maximum atomic E-state index is 12.1. The molecule has 2 unspecified atom stereocenters. The van der Waals surface area contributed by atoms with Crippen LogP contribution in [0.15, 0.2) is 24.3 Å². The summed E-state index contributed by atoms with van der Waals surface area (Å²) in [6.45, 7) is 1.84. The second kappa shape index (κ2) is 8.07. The monoisotopic (exact) mass is 273 g/mol. The van der Waals surface area contributed by atoms with E-state index in [1.807, 2.05) is 31.2 Å². The minimum atomic E-state index is -2.69. The van der Waals surface area contributed by atoms with Crippen molar-refractivity contribution in [1.29, 1.82) is 0 Å². The highest BCUT2D eigenvalue weighted by Crippen LogP contribution is 2.13. The molecule has 0 spiro atoms. The van der Waals surface area contributed by atoms with Crippen molar-refractivity contribution >= 4 is 0 Å². The van der Waals surface area contributed by atoms with Crippen molar-refractivity contribution in [3.63, 3.8) is 0 Å². The molecule has 1 aromatic carbocycles. The number of aryl methyl sites for hydroxylation is 1. The van der Waals surface area contributed by atoms with E-state index in [1.165, 1.54) is 5.56 Å². The number of aliphatic hydroxyl groups excluding tert-OH is 1. The van der Waals surface area contributed by atoms with Crippen molar-refractivity contribution in [3.05, 3.63) is 29.8 Å². The summed E-state index contributed by atoms with van der Waals surface area (Å²) in [6, 6.07) is 7.84. The first-order valence-corrected chi connectivity index (χ1v) is 6.35. The van der Waals surface area contributed by atoms with E-state index in [9.17, 15) is 8.78 Å². The minimum Gasteiger partial charge on any atom is -0.497 e. The van der Waals surface area contributed by atoms with Crippen LogP contribution in [0.3, 0.4) is 0 Å². The Labute approximate surface area is 112 Å². The van der Waals surface area contributed by atoms with Crippen molar-refractivity contribution in [2.45, 2.75) is 38.3 Å². The van der Waals surface area contributed by atoms with Crippen molar-refractivity contribution < 1.29 is 18.6 Å². The van der Waals surface area contributed by atoms with Gasteiger partial charge in [-0.2, -0.15) is 0 Å². The number of alkyl halides is 2. The normalized spacial score (nSPS) is 14.4. The summed E-state index contributed by atoms with van der Waals surface area (Å²) in [5.74, 6) is 0.815. The Kier molecular flexibility index (Phi) is 6.73. The van der Waals surface area contributed by atoms with Gasteiger partial charge in [0.15, 0.2) is 0 Å². The van der Waals surface area contributed by atoms with Gasteiger partial charge in [0.25, 0.3) is 6.43 Å². The maximum absolute atomic E-state index is 12.1. The topological polar surface area (TPSA) is 41.5 Å². The number of rotatable bonds is 8. The van der Waals surface area contributed by atoms with E-state index < -0.39 is 12.5 Å². The third-order valence-corrected chi connectivity index (χ3v) is 2.99. The summed E-state index contributed by atoms with van der Waals surface area (Å²) in [4.78, 5) is 0. The smallest absolute Gasteiger partial charge is 0.265 e. The second-order valence-electron chi connectivity index (χ2n) is 4.60. The van der Waals surface area contributed by atoms with Gasteiger partial charge < -0.3 is 15.2 Å². The Morgan fingerprint density at radius 3 is 2.42 bits per heavy atom. The van der Waals surface area contributed by atoms with Crippen LogP contribution in [0.5, 0.6) is 5.75 Å². The molecule has 0 fully saturated rings. The lowest BCUT2D eigenvalue weighted by atomic mass is 10.1. The van der Waals surface area contributed by atoms with E-state index in [4.69, 9.17) is 9.84 Å². The molecule has 0 saturated heterocycles. The molecular formula is C14H21F2NO2. The Hall–Kier alpha value is -1.20. The zero-order chi connectivity index (χ0) is 14.3. The average Bonchev–Trinajstić information content (AvgIpc) is 2.42. The summed E-state index contributed by atoms with van der Waals surface area (Å²) in [5.41, 5.74) is 1.17. The minimum absolute atomic E-state index is 0.0792. The number of ether oxygens (including phenoxy) is 1. The molecule has 1 aromatic rings. The molecule has 5 heteroatoms. The van der Waals surface area contributed by atoms with Gasteiger partial charge >= 0.3 is 0 Å². The zero-order valence-electron chi connectivity index (χ0n) is 11.3. The fraction of sp³-hybridized carbons (Fsp3) is 0.571. The molecule has 0 amide bonds. The summed E-state index contributed by atoms with van der Waals surface area (Å²) >= 11 is 0. The molecule has 2 N–H and O–H groups in total. The van der Waals surface area contributed by atoms with Gasteiger partial charge in [0.1, 0.15) is 11.9 Å². The van der Waals surface area contributed by atoms with Gasteiger partial charge in [-0.15, -0.1) is 0 Å². The highest BCUT2D eigenvalue weighted by molar-refractivity contribution is 5.27. The van der Waals surface area contributed by atoms with Crippen molar-refractivity contribution in [2.75, 3.05) is 13.7 Å². The molecule has 2 atom stereocenters. The first-order chi connectivity index (χ1) is 9.02. The van der Waals surface area contributed by atoms with Gasteiger partial charge in [0, 0.05) is 12.6 Å². The van der Waals surface area contributed by atoms with Gasteiger partial charge in [-0.25, -0.2) is 8.78 Å². The van der Waals surface area contributed by atoms with Crippen LogP contribution >= 0.6 is 0 Å². The van der Waals surface area contributed by atoms with Gasteiger partial charge in [0.2, 0.25) is 0 Å². The molecule has 3 nitrogen and oxygen atoms in total. The molecule has 0 saturated carbocycles. The van der Waals surface area contributed by atoms with Gasteiger partial charge in [-0.05, 0) is 37.5 Å². The summed E-state index contributed by atoms with van der Waals surface area (Å²) in [7, 11) is 1.62. The number of benzene rings is 1. The van der Waals surface area contributed by atoms with Crippen LogP contribution in [0.25, 0.3) is 0 Å². The molecule has 108 valence electrons. The molecule has 0 aromatic heterocycles. The average molecular weight is 273 g/mol. The van der Waals surface area contributed by atoms with Gasteiger partial charge in [-0.1, -0.05) is 12.1 Å². The maximum Gasteiger partial charge on any atom is 0.265 e. The largest absolute Gasteiger partial charge is 0.497 e. The molecular weight excluding hydrogens is 252 g/mol. The Balaban J connectivity index is 2.27. The highest BCUT2D eigenvalue weighted by atomic mass is 19.3. The SMILES string of the molecule is COc1ccc(CCC(C)NCC(O)C(F)F)cc1. The Morgan fingerprint density at radius 1 is 1.26 bits per heavy atom. The van der Waals surface area contributed by atoms with E-state index in [0.717, 1.165) is 18.6 Å². The summed E-state index contributed by atoms with van der Waals surface area (Å²) in [6.07, 6.45) is -2.62. The Morgan fingerprint density at radius 2 is 1.89 bits per heavy atom. The van der Waals surface area contributed by atoms with Crippen LogP contribution in [0, 0.1) is 0 Å². The molecule has 0 aliphatic carbocycles. The van der Waals surface area contributed by atoms with Crippen LogP contribution < -0.4 is 10.1 Å². The van der Waals surface area contributed by atoms with Gasteiger partial charge in [0.05, 0.1) is 7.11 Å². The number of halogens is 2. The molecule has 19 heavy (non-hydrogen) atoms. The summed E-state index contributed by atoms with van der Waals surface area (Å²) < 4.78 is 29.3.